The van der Waals surface area contributed by atoms with Gasteiger partial charge in [-0.3, -0.25) is 4.79 Å². The molecular weight excluding hydrogens is 166 g/mol. The molecular formula is C10H13NO2. The van der Waals surface area contributed by atoms with Crippen LogP contribution < -0.4 is 4.74 Å². The third-order valence-corrected chi connectivity index (χ3v) is 1.56. The van der Waals surface area contributed by atoms with Crippen molar-refractivity contribution in [3.05, 3.63) is 23.9 Å². The molecule has 0 aliphatic rings. The van der Waals surface area contributed by atoms with Crippen LogP contribution in [0.2, 0.25) is 0 Å². The van der Waals surface area contributed by atoms with Gasteiger partial charge in [0.1, 0.15) is 0 Å². The second-order valence-electron chi connectivity index (χ2n) is 3.25. The van der Waals surface area contributed by atoms with E-state index >= 15 is 0 Å². The van der Waals surface area contributed by atoms with Gasteiger partial charge in [-0.15, -0.1) is 0 Å². The van der Waals surface area contributed by atoms with Crippen LogP contribution in [0.15, 0.2) is 18.3 Å². The van der Waals surface area contributed by atoms with Crippen molar-refractivity contribution in [2.75, 3.05) is 0 Å². The Morgan fingerprint density at radius 3 is 2.62 bits per heavy atom. The molecule has 1 heterocycles. The predicted molar refractivity (Wildman–Crippen MR) is 49.4 cm³/mol. The Morgan fingerprint density at radius 2 is 2.15 bits per heavy atom. The third-order valence-electron chi connectivity index (χ3n) is 1.56. The maximum Gasteiger partial charge on any atom is 0.315 e. The van der Waals surface area contributed by atoms with Crippen molar-refractivity contribution >= 4 is 5.97 Å². The Morgan fingerprint density at radius 1 is 1.46 bits per heavy atom. The first-order valence-corrected chi connectivity index (χ1v) is 4.24. The Labute approximate surface area is 77.8 Å². The van der Waals surface area contributed by atoms with Crippen LogP contribution in [0.1, 0.15) is 19.4 Å². The van der Waals surface area contributed by atoms with Crippen molar-refractivity contribution in [3.63, 3.8) is 0 Å². The number of carbonyl (C=O) groups is 1. The van der Waals surface area contributed by atoms with E-state index in [2.05, 4.69) is 4.98 Å². The average Bonchev–Trinajstić information content (AvgIpc) is 2.08. The first-order chi connectivity index (χ1) is 6.09. The minimum Gasteiger partial charge on any atom is -0.407 e. The highest BCUT2D eigenvalue weighted by Gasteiger charge is 2.09. The fourth-order valence-electron chi connectivity index (χ4n) is 0.736. The molecule has 3 nitrogen and oxygen atoms in total. The summed E-state index contributed by atoms with van der Waals surface area (Å²) < 4.78 is 4.98. The van der Waals surface area contributed by atoms with Crippen molar-refractivity contribution in [3.8, 4) is 5.88 Å². The topological polar surface area (TPSA) is 39.2 Å². The predicted octanol–water partition coefficient (Wildman–Crippen LogP) is 1.95. The lowest BCUT2D eigenvalue weighted by molar-refractivity contribution is -0.138. The smallest absolute Gasteiger partial charge is 0.315 e. The fraction of sp³-hybridized carbons (Fsp3) is 0.400. The maximum atomic E-state index is 11.1. The van der Waals surface area contributed by atoms with Gasteiger partial charge in [0, 0.05) is 12.3 Å². The number of hydrogen-bond acceptors (Lipinski definition) is 3. The molecule has 0 bridgehead atoms. The highest BCUT2D eigenvalue weighted by atomic mass is 16.5. The van der Waals surface area contributed by atoms with Crippen molar-refractivity contribution in [1.82, 2.24) is 4.98 Å². The van der Waals surface area contributed by atoms with E-state index in [0.29, 0.717) is 5.88 Å². The minimum absolute atomic E-state index is 0.122. The molecule has 0 aromatic carbocycles. The zero-order valence-corrected chi connectivity index (χ0v) is 8.07. The molecule has 0 unspecified atom stereocenters. The second kappa shape index (κ2) is 4.03. The Bertz CT molecular complexity index is 290. The highest BCUT2D eigenvalue weighted by Crippen LogP contribution is 2.08. The number of nitrogens with zero attached hydrogens (tertiary/aromatic N) is 1. The largest absolute Gasteiger partial charge is 0.407 e. The molecule has 1 rings (SSSR count). The van der Waals surface area contributed by atoms with E-state index in [0.717, 1.165) is 5.56 Å². The summed E-state index contributed by atoms with van der Waals surface area (Å²) in [6.45, 7) is 5.51. The first-order valence-electron chi connectivity index (χ1n) is 4.24. The summed E-state index contributed by atoms with van der Waals surface area (Å²) in [5.74, 6) is -0.0104. The maximum absolute atomic E-state index is 11.1. The van der Waals surface area contributed by atoms with Gasteiger partial charge in [0.2, 0.25) is 5.88 Å². The zero-order valence-electron chi connectivity index (χ0n) is 8.07. The van der Waals surface area contributed by atoms with Crippen LogP contribution in [0.25, 0.3) is 0 Å². The standard InChI is InChI=1S/C10H13NO2/c1-7(2)10(12)13-9-5-4-8(3)6-11-9/h4-7H,1-3H3. The van der Waals surface area contributed by atoms with Gasteiger partial charge in [0.15, 0.2) is 0 Å². The molecule has 0 saturated carbocycles. The molecule has 0 amide bonds. The van der Waals surface area contributed by atoms with Gasteiger partial charge in [0.05, 0.1) is 5.92 Å². The molecule has 70 valence electrons. The molecule has 1 aromatic heterocycles. The van der Waals surface area contributed by atoms with Crippen LogP contribution in [0.5, 0.6) is 5.88 Å². The number of ether oxygens (including phenoxy) is 1. The summed E-state index contributed by atoms with van der Waals surface area (Å²) in [7, 11) is 0. The van der Waals surface area contributed by atoms with Crippen LogP contribution in [0.4, 0.5) is 0 Å². The summed E-state index contributed by atoms with van der Waals surface area (Å²) in [5.41, 5.74) is 1.05. The number of aromatic nitrogens is 1. The van der Waals surface area contributed by atoms with E-state index in [-0.39, 0.29) is 11.9 Å². The van der Waals surface area contributed by atoms with E-state index in [1.54, 1.807) is 26.1 Å². The van der Waals surface area contributed by atoms with Gasteiger partial charge < -0.3 is 4.74 Å². The van der Waals surface area contributed by atoms with Crippen LogP contribution >= 0.6 is 0 Å². The summed E-state index contributed by atoms with van der Waals surface area (Å²) in [6, 6.07) is 3.55. The van der Waals surface area contributed by atoms with Crippen LogP contribution in [-0.4, -0.2) is 11.0 Å². The normalized spacial score (nSPS) is 10.2. The average molecular weight is 179 g/mol. The molecule has 0 fully saturated rings. The van der Waals surface area contributed by atoms with Gasteiger partial charge in [-0.1, -0.05) is 19.9 Å². The zero-order chi connectivity index (χ0) is 9.84. The van der Waals surface area contributed by atoms with E-state index < -0.39 is 0 Å². The molecule has 1 aromatic rings. The molecule has 0 N–H and O–H groups in total. The van der Waals surface area contributed by atoms with Gasteiger partial charge in [-0.05, 0) is 12.5 Å². The minimum atomic E-state index is -0.253. The first kappa shape index (κ1) is 9.71. The van der Waals surface area contributed by atoms with Crippen LogP contribution in [0.3, 0.4) is 0 Å². The van der Waals surface area contributed by atoms with Gasteiger partial charge in [-0.2, -0.15) is 0 Å². The van der Waals surface area contributed by atoms with Gasteiger partial charge in [-0.25, -0.2) is 4.98 Å². The van der Waals surface area contributed by atoms with Gasteiger partial charge in [0.25, 0.3) is 0 Å². The molecule has 0 aliphatic heterocycles. The van der Waals surface area contributed by atoms with Crippen molar-refractivity contribution < 1.29 is 9.53 Å². The second-order valence-corrected chi connectivity index (χ2v) is 3.25. The molecule has 0 atom stereocenters. The summed E-state index contributed by atoms with van der Waals surface area (Å²) in [5, 5.41) is 0. The Kier molecular flexibility index (Phi) is 3.01. The van der Waals surface area contributed by atoms with Crippen LogP contribution in [-0.2, 0) is 4.79 Å². The lowest BCUT2D eigenvalue weighted by Gasteiger charge is -2.04. The number of pyridine rings is 1. The van der Waals surface area contributed by atoms with Crippen molar-refractivity contribution in [2.45, 2.75) is 20.8 Å². The van der Waals surface area contributed by atoms with E-state index in [9.17, 15) is 4.79 Å². The molecule has 0 aliphatic carbocycles. The van der Waals surface area contributed by atoms with Gasteiger partial charge >= 0.3 is 5.97 Å². The number of hydrogen-bond donors (Lipinski definition) is 0. The molecule has 13 heavy (non-hydrogen) atoms. The number of aryl methyl sites for hydroxylation is 1. The summed E-state index contributed by atoms with van der Waals surface area (Å²) in [4.78, 5) is 15.1. The fourth-order valence-corrected chi connectivity index (χ4v) is 0.736. The van der Waals surface area contributed by atoms with Crippen LogP contribution in [0, 0.1) is 12.8 Å². The Hall–Kier alpha value is -1.38. The SMILES string of the molecule is Cc1ccc(OC(=O)C(C)C)nc1. The van der Waals surface area contributed by atoms with E-state index in [1.807, 2.05) is 13.0 Å². The number of esters is 1. The molecule has 0 saturated heterocycles. The molecule has 0 radical (unpaired) electrons. The molecule has 3 heteroatoms. The summed E-state index contributed by atoms with van der Waals surface area (Å²) in [6.07, 6.45) is 1.67. The lowest BCUT2D eigenvalue weighted by atomic mass is 10.2. The highest BCUT2D eigenvalue weighted by molar-refractivity contribution is 5.73. The lowest BCUT2D eigenvalue weighted by Crippen LogP contribution is -2.15. The molecule has 0 spiro atoms. The van der Waals surface area contributed by atoms with E-state index in [4.69, 9.17) is 4.74 Å². The van der Waals surface area contributed by atoms with Crippen molar-refractivity contribution in [2.24, 2.45) is 5.92 Å². The summed E-state index contributed by atoms with van der Waals surface area (Å²) >= 11 is 0. The quantitative estimate of drug-likeness (QED) is 0.651. The number of carbonyl (C=O) groups excluding carboxylic acids is 1. The monoisotopic (exact) mass is 179 g/mol. The third kappa shape index (κ3) is 2.86. The number of rotatable bonds is 2. The Balaban J connectivity index is 2.65. The van der Waals surface area contributed by atoms with Crippen molar-refractivity contribution in [1.29, 1.82) is 0 Å². The van der Waals surface area contributed by atoms with E-state index in [1.165, 1.54) is 0 Å².